The van der Waals surface area contributed by atoms with Crippen LogP contribution in [0.4, 0.5) is 0 Å². The largest absolute Gasteiger partial charge is 0.292 e. The topological polar surface area (TPSA) is 47.8 Å². The van der Waals surface area contributed by atoms with Crippen LogP contribution in [-0.2, 0) is 13.0 Å². The van der Waals surface area contributed by atoms with E-state index < -0.39 is 0 Å². The number of fused-ring (bicyclic) bond motifs is 1. The van der Waals surface area contributed by atoms with Crippen molar-refractivity contribution in [3.63, 3.8) is 0 Å². The summed E-state index contributed by atoms with van der Waals surface area (Å²) in [5, 5.41) is 7.95. The highest BCUT2D eigenvalue weighted by atomic mass is 16.1. The van der Waals surface area contributed by atoms with Crippen molar-refractivity contribution in [3.05, 3.63) is 11.4 Å². The van der Waals surface area contributed by atoms with Gasteiger partial charge in [-0.25, -0.2) is 4.68 Å². The van der Waals surface area contributed by atoms with Crippen LogP contribution < -0.4 is 0 Å². The van der Waals surface area contributed by atoms with E-state index in [1.807, 2.05) is 13.8 Å². The van der Waals surface area contributed by atoms with Crippen molar-refractivity contribution in [1.82, 2.24) is 15.0 Å². The Morgan fingerprint density at radius 1 is 1.62 bits per heavy atom. The minimum absolute atomic E-state index is 0.135. The van der Waals surface area contributed by atoms with E-state index in [0.29, 0.717) is 0 Å². The normalized spacial score (nSPS) is 21.7. The number of hydrogen-bond donors (Lipinski definition) is 0. The van der Waals surface area contributed by atoms with Gasteiger partial charge < -0.3 is 0 Å². The van der Waals surface area contributed by atoms with E-state index in [1.165, 1.54) is 0 Å². The molecule has 70 valence electrons. The fraction of sp³-hybridized carbons (Fsp3) is 0.667. The third-order valence-corrected chi connectivity index (χ3v) is 2.60. The molecule has 0 bridgehead atoms. The van der Waals surface area contributed by atoms with E-state index in [1.54, 1.807) is 4.68 Å². The highest BCUT2D eigenvalue weighted by Gasteiger charge is 2.28. The Bertz CT molecular complexity index is 329. The van der Waals surface area contributed by atoms with Gasteiger partial charge >= 0.3 is 0 Å². The first-order valence-corrected chi connectivity index (χ1v) is 4.70. The molecule has 2 rings (SSSR count). The van der Waals surface area contributed by atoms with Gasteiger partial charge in [-0.3, -0.25) is 4.79 Å². The van der Waals surface area contributed by atoms with Crippen LogP contribution in [0.5, 0.6) is 0 Å². The second-order valence-electron chi connectivity index (χ2n) is 3.50. The Labute approximate surface area is 76.9 Å². The van der Waals surface area contributed by atoms with Crippen LogP contribution in [0, 0.1) is 5.92 Å². The summed E-state index contributed by atoms with van der Waals surface area (Å²) >= 11 is 0. The third-order valence-electron chi connectivity index (χ3n) is 2.60. The van der Waals surface area contributed by atoms with Gasteiger partial charge in [-0.2, -0.15) is 0 Å². The molecule has 0 saturated heterocycles. The van der Waals surface area contributed by atoms with Gasteiger partial charge in [0.25, 0.3) is 0 Å². The maximum absolute atomic E-state index is 11.8. The molecule has 1 atom stereocenters. The van der Waals surface area contributed by atoms with Crippen molar-refractivity contribution in [1.29, 1.82) is 0 Å². The van der Waals surface area contributed by atoms with E-state index >= 15 is 0 Å². The molecule has 0 saturated carbocycles. The van der Waals surface area contributed by atoms with Gasteiger partial charge in [0.05, 0.1) is 5.69 Å². The zero-order valence-corrected chi connectivity index (χ0v) is 7.95. The Morgan fingerprint density at radius 2 is 2.38 bits per heavy atom. The second-order valence-corrected chi connectivity index (χ2v) is 3.50. The lowest BCUT2D eigenvalue weighted by molar-refractivity contribution is 0.0902. The van der Waals surface area contributed by atoms with Crippen molar-refractivity contribution in [2.24, 2.45) is 5.92 Å². The number of hydrogen-bond acceptors (Lipinski definition) is 3. The summed E-state index contributed by atoms with van der Waals surface area (Å²) in [6.07, 6.45) is 1.80. The predicted octanol–water partition coefficient (Wildman–Crippen LogP) is 1.06. The highest BCUT2D eigenvalue weighted by Crippen LogP contribution is 2.23. The number of rotatable bonds is 1. The second kappa shape index (κ2) is 2.94. The molecule has 1 unspecified atom stereocenters. The lowest BCUT2D eigenvalue weighted by atomic mass is 9.90. The molecule has 0 N–H and O–H groups in total. The van der Waals surface area contributed by atoms with Gasteiger partial charge in [-0.1, -0.05) is 12.1 Å². The molecule has 1 aromatic rings. The van der Waals surface area contributed by atoms with Crippen molar-refractivity contribution in [2.75, 3.05) is 0 Å². The molecule has 0 amide bonds. The number of ketones is 1. The van der Waals surface area contributed by atoms with Gasteiger partial charge in [-0.05, 0) is 19.8 Å². The molecule has 0 fully saturated rings. The molecular weight excluding hydrogens is 166 g/mol. The average molecular weight is 179 g/mol. The van der Waals surface area contributed by atoms with Crippen LogP contribution in [0.3, 0.4) is 0 Å². The first-order chi connectivity index (χ1) is 6.24. The van der Waals surface area contributed by atoms with Crippen molar-refractivity contribution in [3.8, 4) is 0 Å². The SMILES string of the molecule is CCn1nnc2c1C(=O)C(C)CC2. The maximum Gasteiger partial charge on any atom is 0.185 e. The molecule has 0 aliphatic heterocycles. The lowest BCUT2D eigenvalue weighted by Crippen LogP contribution is -2.23. The van der Waals surface area contributed by atoms with Crippen molar-refractivity contribution >= 4 is 5.78 Å². The summed E-state index contributed by atoms with van der Waals surface area (Å²) in [6, 6.07) is 0. The summed E-state index contributed by atoms with van der Waals surface area (Å²) < 4.78 is 1.70. The number of carbonyl (C=O) groups is 1. The minimum atomic E-state index is 0.135. The van der Waals surface area contributed by atoms with E-state index in [9.17, 15) is 4.79 Å². The Morgan fingerprint density at radius 3 is 3.08 bits per heavy atom. The summed E-state index contributed by atoms with van der Waals surface area (Å²) in [7, 11) is 0. The van der Waals surface area contributed by atoms with Crippen LogP contribution in [-0.4, -0.2) is 20.8 Å². The predicted molar refractivity (Wildman–Crippen MR) is 47.5 cm³/mol. The Balaban J connectivity index is 2.49. The fourth-order valence-corrected chi connectivity index (χ4v) is 1.73. The van der Waals surface area contributed by atoms with Crippen LogP contribution in [0.1, 0.15) is 36.5 Å². The first-order valence-electron chi connectivity index (χ1n) is 4.70. The van der Waals surface area contributed by atoms with Crippen LogP contribution >= 0.6 is 0 Å². The number of carbonyl (C=O) groups excluding carboxylic acids is 1. The molecular formula is C9H13N3O. The van der Waals surface area contributed by atoms with E-state index in [0.717, 1.165) is 30.8 Å². The van der Waals surface area contributed by atoms with Crippen LogP contribution in [0.25, 0.3) is 0 Å². The molecule has 0 radical (unpaired) electrons. The van der Waals surface area contributed by atoms with Crippen LogP contribution in [0.15, 0.2) is 0 Å². The maximum atomic E-state index is 11.8. The van der Waals surface area contributed by atoms with Gasteiger partial charge in [0.2, 0.25) is 0 Å². The van der Waals surface area contributed by atoms with Gasteiger partial charge in [0.15, 0.2) is 5.78 Å². The molecule has 13 heavy (non-hydrogen) atoms. The van der Waals surface area contributed by atoms with Gasteiger partial charge in [-0.15, -0.1) is 5.10 Å². The summed E-state index contributed by atoms with van der Waals surface area (Å²) in [5.41, 5.74) is 1.62. The summed E-state index contributed by atoms with van der Waals surface area (Å²) in [5.74, 6) is 0.337. The molecule has 1 aromatic heterocycles. The number of Topliss-reactive ketones (excluding diaryl/α,β-unsaturated/α-hetero) is 1. The van der Waals surface area contributed by atoms with Gasteiger partial charge in [0, 0.05) is 12.5 Å². The third kappa shape index (κ3) is 1.17. The quantitative estimate of drug-likeness (QED) is 0.647. The minimum Gasteiger partial charge on any atom is -0.292 e. The van der Waals surface area contributed by atoms with E-state index in [4.69, 9.17) is 0 Å². The van der Waals surface area contributed by atoms with Crippen molar-refractivity contribution in [2.45, 2.75) is 33.2 Å². The van der Waals surface area contributed by atoms with E-state index in [-0.39, 0.29) is 11.7 Å². The number of aryl methyl sites for hydroxylation is 2. The van der Waals surface area contributed by atoms with Crippen LogP contribution in [0.2, 0.25) is 0 Å². The molecule has 1 aliphatic carbocycles. The van der Waals surface area contributed by atoms with Crippen molar-refractivity contribution < 1.29 is 4.79 Å². The fourth-order valence-electron chi connectivity index (χ4n) is 1.73. The van der Waals surface area contributed by atoms with E-state index in [2.05, 4.69) is 10.3 Å². The number of nitrogens with zero attached hydrogens (tertiary/aromatic N) is 3. The monoisotopic (exact) mass is 179 g/mol. The summed E-state index contributed by atoms with van der Waals surface area (Å²) in [6.45, 7) is 4.67. The van der Waals surface area contributed by atoms with Gasteiger partial charge in [0.1, 0.15) is 5.69 Å². The number of aromatic nitrogens is 3. The Hall–Kier alpha value is -1.19. The molecule has 0 aromatic carbocycles. The zero-order valence-electron chi connectivity index (χ0n) is 7.95. The first kappa shape index (κ1) is 8.41. The molecule has 4 nitrogen and oxygen atoms in total. The molecule has 4 heteroatoms. The molecule has 1 aliphatic rings. The highest BCUT2D eigenvalue weighted by molar-refractivity contribution is 5.97. The molecule has 1 heterocycles. The standard InChI is InChI=1S/C9H13N3O/c1-3-12-8-7(10-11-12)5-4-6(2)9(8)13/h6H,3-5H2,1-2H3. The lowest BCUT2D eigenvalue weighted by Gasteiger charge is -2.16. The average Bonchev–Trinajstić information content (AvgIpc) is 2.55. The summed E-state index contributed by atoms with van der Waals surface area (Å²) in [4.78, 5) is 11.8. The smallest absolute Gasteiger partial charge is 0.185 e. The zero-order chi connectivity index (χ0) is 9.42. The molecule has 0 spiro atoms. The Kier molecular flexibility index (Phi) is 1.90.